The Kier molecular flexibility index (Phi) is 5.25. The summed E-state index contributed by atoms with van der Waals surface area (Å²) in [6.45, 7) is 1.95. The van der Waals surface area contributed by atoms with Crippen LogP contribution >= 0.6 is 11.8 Å². The van der Waals surface area contributed by atoms with Crippen LogP contribution in [-0.4, -0.2) is 45.1 Å². The number of amides is 1. The molecule has 0 radical (unpaired) electrons. The normalized spacial score (nSPS) is 23.0. The van der Waals surface area contributed by atoms with Gasteiger partial charge in [-0.05, 0) is 18.4 Å². The van der Waals surface area contributed by atoms with E-state index in [2.05, 4.69) is 0 Å². The molecule has 0 bridgehead atoms. The van der Waals surface area contributed by atoms with Crippen molar-refractivity contribution in [1.82, 2.24) is 4.90 Å². The monoisotopic (exact) mass is 308 g/mol. The van der Waals surface area contributed by atoms with Crippen molar-refractivity contribution >= 4 is 23.6 Å². The highest BCUT2D eigenvalue weighted by Crippen LogP contribution is 2.31. The predicted octanol–water partition coefficient (Wildman–Crippen LogP) is 1.32. The molecule has 1 saturated heterocycles. The fraction of sp³-hybridized carbons (Fsp3) is 0.467. The third kappa shape index (κ3) is 3.57. The molecule has 3 unspecified atom stereocenters. The lowest BCUT2D eigenvalue weighted by molar-refractivity contribution is -0.149. The van der Waals surface area contributed by atoms with Gasteiger partial charge in [-0.1, -0.05) is 37.3 Å². The van der Waals surface area contributed by atoms with Gasteiger partial charge in [-0.2, -0.15) is 0 Å². The van der Waals surface area contributed by atoms with Crippen LogP contribution in [0.1, 0.15) is 18.9 Å². The average Bonchev–Trinajstić information content (AvgIpc) is 2.91. The SMILES string of the molecule is CCC1SCC(C(=O)O)N1C(=O)C(N)Cc1ccccc1. The van der Waals surface area contributed by atoms with Crippen LogP contribution in [0.4, 0.5) is 0 Å². The van der Waals surface area contributed by atoms with Crippen molar-refractivity contribution in [3.05, 3.63) is 35.9 Å². The summed E-state index contributed by atoms with van der Waals surface area (Å²) in [5, 5.41) is 9.17. The minimum atomic E-state index is -0.960. The van der Waals surface area contributed by atoms with E-state index in [1.165, 1.54) is 16.7 Å². The van der Waals surface area contributed by atoms with Crippen molar-refractivity contribution in [1.29, 1.82) is 0 Å². The first-order chi connectivity index (χ1) is 10.0. The smallest absolute Gasteiger partial charge is 0.327 e. The minimum Gasteiger partial charge on any atom is -0.480 e. The number of thioether (sulfide) groups is 1. The highest BCUT2D eigenvalue weighted by Gasteiger charge is 2.42. The van der Waals surface area contributed by atoms with Gasteiger partial charge in [0.1, 0.15) is 6.04 Å². The van der Waals surface area contributed by atoms with E-state index in [0.717, 1.165) is 12.0 Å². The second-order valence-corrected chi connectivity index (χ2v) is 6.30. The van der Waals surface area contributed by atoms with Crippen molar-refractivity contribution in [2.24, 2.45) is 5.73 Å². The molecular formula is C15H20N2O3S. The lowest BCUT2D eigenvalue weighted by Gasteiger charge is -2.29. The first-order valence-electron chi connectivity index (χ1n) is 7.00. The number of nitrogens with zero attached hydrogens (tertiary/aromatic N) is 1. The summed E-state index contributed by atoms with van der Waals surface area (Å²) in [5.74, 6) is -0.806. The summed E-state index contributed by atoms with van der Waals surface area (Å²) in [6.07, 6.45) is 1.14. The van der Waals surface area contributed by atoms with E-state index in [1.54, 1.807) is 0 Å². The second kappa shape index (κ2) is 6.95. The molecule has 1 aliphatic rings. The summed E-state index contributed by atoms with van der Waals surface area (Å²) in [7, 11) is 0. The second-order valence-electron chi connectivity index (χ2n) is 5.09. The molecule has 1 amide bonds. The molecule has 6 heteroatoms. The summed E-state index contributed by atoms with van der Waals surface area (Å²) in [6, 6.07) is 8.05. The Morgan fingerprint density at radius 1 is 1.43 bits per heavy atom. The lowest BCUT2D eigenvalue weighted by Crippen LogP contribution is -2.52. The molecule has 1 aromatic rings. The van der Waals surface area contributed by atoms with Gasteiger partial charge < -0.3 is 15.7 Å². The van der Waals surface area contributed by atoms with Crippen molar-refractivity contribution in [2.45, 2.75) is 37.2 Å². The van der Waals surface area contributed by atoms with Gasteiger partial charge in [0.15, 0.2) is 0 Å². The van der Waals surface area contributed by atoms with Crippen LogP contribution in [0, 0.1) is 0 Å². The first kappa shape index (κ1) is 15.9. The van der Waals surface area contributed by atoms with E-state index in [4.69, 9.17) is 5.73 Å². The molecule has 0 saturated carbocycles. The van der Waals surface area contributed by atoms with Gasteiger partial charge in [0.05, 0.1) is 11.4 Å². The van der Waals surface area contributed by atoms with E-state index in [0.29, 0.717) is 12.2 Å². The quantitative estimate of drug-likeness (QED) is 0.857. The Bertz CT molecular complexity index is 509. The van der Waals surface area contributed by atoms with Crippen LogP contribution in [-0.2, 0) is 16.0 Å². The molecule has 3 atom stereocenters. The summed E-state index contributed by atoms with van der Waals surface area (Å²) in [5.41, 5.74) is 6.99. The molecule has 0 aromatic heterocycles. The van der Waals surface area contributed by atoms with E-state index < -0.39 is 18.1 Å². The van der Waals surface area contributed by atoms with Gasteiger partial charge >= 0.3 is 5.97 Å². The zero-order valence-electron chi connectivity index (χ0n) is 11.9. The first-order valence-corrected chi connectivity index (χ1v) is 8.05. The zero-order chi connectivity index (χ0) is 15.4. The number of rotatable bonds is 5. The van der Waals surface area contributed by atoms with Crippen LogP contribution in [0.15, 0.2) is 30.3 Å². The molecule has 114 valence electrons. The Morgan fingerprint density at radius 2 is 2.10 bits per heavy atom. The van der Waals surface area contributed by atoms with E-state index >= 15 is 0 Å². The van der Waals surface area contributed by atoms with E-state index in [1.807, 2.05) is 37.3 Å². The number of nitrogens with two attached hydrogens (primary N) is 1. The molecule has 21 heavy (non-hydrogen) atoms. The molecule has 0 aliphatic carbocycles. The van der Waals surface area contributed by atoms with E-state index in [-0.39, 0.29) is 11.3 Å². The Balaban J connectivity index is 2.10. The van der Waals surface area contributed by atoms with Crippen LogP contribution in [0.2, 0.25) is 0 Å². The zero-order valence-corrected chi connectivity index (χ0v) is 12.8. The highest BCUT2D eigenvalue weighted by atomic mass is 32.2. The molecule has 5 nitrogen and oxygen atoms in total. The molecule has 3 N–H and O–H groups in total. The third-order valence-electron chi connectivity index (χ3n) is 3.60. The molecule has 1 aliphatic heterocycles. The fourth-order valence-electron chi connectivity index (χ4n) is 2.51. The van der Waals surface area contributed by atoms with Crippen LogP contribution < -0.4 is 5.73 Å². The lowest BCUT2D eigenvalue weighted by atomic mass is 10.0. The van der Waals surface area contributed by atoms with Gasteiger partial charge in [-0.15, -0.1) is 11.8 Å². The average molecular weight is 308 g/mol. The molecule has 1 fully saturated rings. The summed E-state index contributed by atoms with van der Waals surface area (Å²) >= 11 is 1.51. The summed E-state index contributed by atoms with van der Waals surface area (Å²) in [4.78, 5) is 25.3. The maximum Gasteiger partial charge on any atom is 0.327 e. The maximum absolute atomic E-state index is 12.6. The minimum absolute atomic E-state index is 0.0968. The van der Waals surface area contributed by atoms with Crippen LogP contribution in [0.25, 0.3) is 0 Å². The highest BCUT2D eigenvalue weighted by molar-refractivity contribution is 8.00. The molecule has 1 heterocycles. The van der Waals surface area contributed by atoms with Crippen molar-refractivity contribution in [2.75, 3.05) is 5.75 Å². The topological polar surface area (TPSA) is 83.6 Å². The molecule has 2 rings (SSSR count). The number of benzene rings is 1. The van der Waals surface area contributed by atoms with Gasteiger partial charge in [0, 0.05) is 5.75 Å². The number of aliphatic carboxylic acids is 1. The summed E-state index contributed by atoms with van der Waals surface area (Å²) < 4.78 is 0. The standard InChI is InChI=1S/C15H20N2O3S/c1-2-13-17(12(9-21-13)15(19)20)14(18)11(16)8-10-6-4-3-5-7-10/h3-7,11-13H,2,8-9,16H2,1H3,(H,19,20). The van der Waals surface area contributed by atoms with Crippen molar-refractivity contribution < 1.29 is 14.7 Å². The Hall–Kier alpha value is -1.53. The number of carbonyl (C=O) groups excluding carboxylic acids is 1. The largest absolute Gasteiger partial charge is 0.480 e. The molecular weight excluding hydrogens is 288 g/mol. The number of hydrogen-bond acceptors (Lipinski definition) is 4. The van der Waals surface area contributed by atoms with Crippen LogP contribution in [0.3, 0.4) is 0 Å². The number of carbonyl (C=O) groups is 2. The van der Waals surface area contributed by atoms with Gasteiger partial charge in [0.2, 0.25) is 5.91 Å². The van der Waals surface area contributed by atoms with Gasteiger partial charge in [0.25, 0.3) is 0 Å². The number of carboxylic acid groups (broad SMARTS) is 1. The number of hydrogen-bond donors (Lipinski definition) is 2. The van der Waals surface area contributed by atoms with E-state index in [9.17, 15) is 14.7 Å². The fourth-order valence-corrected chi connectivity index (χ4v) is 3.87. The predicted molar refractivity (Wildman–Crippen MR) is 82.9 cm³/mol. The van der Waals surface area contributed by atoms with Gasteiger partial charge in [-0.3, -0.25) is 4.79 Å². The van der Waals surface area contributed by atoms with Crippen molar-refractivity contribution in [3.63, 3.8) is 0 Å². The molecule has 1 aromatic carbocycles. The van der Waals surface area contributed by atoms with Crippen molar-refractivity contribution in [3.8, 4) is 0 Å². The van der Waals surface area contributed by atoms with Gasteiger partial charge in [-0.25, -0.2) is 4.79 Å². The third-order valence-corrected chi connectivity index (χ3v) is 5.05. The Morgan fingerprint density at radius 3 is 2.67 bits per heavy atom. The number of carboxylic acids is 1. The molecule has 0 spiro atoms. The maximum atomic E-state index is 12.6. The Labute approximate surface area is 128 Å². The van der Waals surface area contributed by atoms with Crippen LogP contribution in [0.5, 0.6) is 0 Å².